The van der Waals surface area contributed by atoms with Gasteiger partial charge in [0.25, 0.3) is 0 Å². The van der Waals surface area contributed by atoms with Crippen LogP contribution >= 0.6 is 0 Å². The van der Waals surface area contributed by atoms with E-state index in [4.69, 9.17) is 11.3 Å². The summed E-state index contributed by atoms with van der Waals surface area (Å²) in [5, 5.41) is 20.3. The molecule has 0 amide bonds. The molecule has 0 spiro atoms. The predicted molar refractivity (Wildman–Crippen MR) is 99.3 cm³/mol. The van der Waals surface area contributed by atoms with Gasteiger partial charge >= 0.3 is 6.18 Å². The zero-order valence-corrected chi connectivity index (χ0v) is 16.5. The van der Waals surface area contributed by atoms with Crippen LogP contribution in [-0.4, -0.2) is 54.3 Å². The van der Waals surface area contributed by atoms with Crippen LogP contribution in [0.2, 0.25) is 0 Å². The second kappa shape index (κ2) is 8.08. The maximum absolute atomic E-state index is 13.1. The lowest BCUT2D eigenvalue weighted by Gasteiger charge is -2.27. The van der Waals surface area contributed by atoms with Crippen LogP contribution in [0.5, 0.6) is 5.75 Å². The Hall–Kier alpha value is -2.72. The average molecular weight is 460 g/mol. The molecule has 31 heavy (non-hydrogen) atoms. The Labute approximate surface area is 175 Å². The van der Waals surface area contributed by atoms with Gasteiger partial charge in [-0.15, -0.1) is 0 Å². The van der Waals surface area contributed by atoms with Crippen molar-refractivity contribution in [1.29, 1.82) is 0 Å². The maximum atomic E-state index is 13.1. The van der Waals surface area contributed by atoms with E-state index in [1.165, 1.54) is 12.1 Å². The van der Waals surface area contributed by atoms with Crippen LogP contribution in [0.4, 0.5) is 23.2 Å². The molecular formula is C19H16F4N2O5S. The first-order valence-corrected chi connectivity index (χ1v) is 10.2. The highest BCUT2D eigenvalue weighted by Gasteiger charge is 2.51. The molecule has 7 nitrogen and oxygen atoms in total. The van der Waals surface area contributed by atoms with Crippen molar-refractivity contribution in [2.75, 3.05) is 19.7 Å². The number of aliphatic hydroxyl groups is 2. The quantitative estimate of drug-likeness (QED) is 0.529. The van der Waals surface area contributed by atoms with Crippen molar-refractivity contribution in [3.8, 4) is 5.75 Å². The minimum Gasteiger partial charge on any atom is -0.486 e. The molecule has 3 rings (SSSR count). The summed E-state index contributed by atoms with van der Waals surface area (Å²) in [6.07, 6.45) is -6.02. The van der Waals surface area contributed by atoms with Crippen LogP contribution in [0.3, 0.4) is 0 Å². The normalized spacial score (nSPS) is 22.3. The number of hydrogen-bond donors (Lipinski definition) is 2. The molecule has 166 valence electrons. The van der Waals surface area contributed by atoms with Gasteiger partial charge < -0.3 is 14.9 Å². The summed E-state index contributed by atoms with van der Waals surface area (Å²) in [5.74, 6) is -0.441. The molecule has 2 N–H and O–H groups in total. The summed E-state index contributed by atoms with van der Waals surface area (Å²) >= 11 is 0. The van der Waals surface area contributed by atoms with Crippen molar-refractivity contribution in [2.45, 2.75) is 22.8 Å². The van der Waals surface area contributed by atoms with Gasteiger partial charge in [0.1, 0.15) is 23.3 Å². The molecule has 0 unspecified atom stereocenters. The summed E-state index contributed by atoms with van der Waals surface area (Å²) in [5.41, 5.74) is -3.94. The molecule has 2 atom stereocenters. The SMILES string of the molecule is [C-]#[N+]c1cc(C(F)(F)F)ccc1S(=O)(=O)N1C[C@H](Oc2ccc(F)cc2)[C@](O)(CO)C1. The highest BCUT2D eigenvalue weighted by molar-refractivity contribution is 7.89. The van der Waals surface area contributed by atoms with E-state index < -0.39 is 69.6 Å². The van der Waals surface area contributed by atoms with E-state index in [0.29, 0.717) is 22.5 Å². The lowest BCUT2D eigenvalue weighted by molar-refractivity contribution is -0.137. The molecule has 0 aromatic heterocycles. The molecule has 1 aliphatic rings. The molecule has 1 saturated heterocycles. The predicted octanol–water partition coefficient (Wildman–Crippen LogP) is 2.57. The molecule has 1 fully saturated rings. The second-order valence-electron chi connectivity index (χ2n) is 6.91. The summed E-state index contributed by atoms with van der Waals surface area (Å²) < 4.78 is 84.1. The molecular weight excluding hydrogens is 444 g/mol. The monoisotopic (exact) mass is 460 g/mol. The third-order valence-electron chi connectivity index (χ3n) is 4.81. The van der Waals surface area contributed by atoms with E-state index >= 15 is 0 Å². The average Bonchev–Trinajstić information content (AvgIpc) is 3.06. The zero-order chi connectivity index (χ0) is 23.0. The van der Waals surface area contributed by atoms with Crippen LogP contribution in [0, 0.1) is 12.4 Å². The molecule has 0 aliphatic carbocycles. The van der Waals surface area contributed by atoms with E-state index in [1.54, 1.807) is 0 Å². The van der Waals surface area contributed by atoms with Gasteiger partial charge in [-0.1, -0.05) is 12.1 Å². The number of alkyl halides is 3. The number of nitrogens with zero attached hydrogens (tertiary/aromatic N) is 2. The van der Waals surface area contributed by atoms with Crippen LogP contribution in [0.15, 0.2) is 47.4 Å². The second-order valence-corrected chi connectivity index (χ2v) is 8.82. The summed E-state index contributed by atoms with van der Waals surface area (Å²) in [6, 6.07) is 6.32. The summed E-state index contributed by atoms with van der Waals surface area (Å²) in [7, 11) is -4.52. The van der Waals surface area contributed by atoms with Crippen molar-refractivity contribution in [3.63, 3.8) is 0 Å². The lowest BCUT2D eigenvalue weighted by atomic mass is 10.0. The Bertz CT molecular complexity index is 1120. The van der Waals surface area contributed by atoms with Gasteiger partial charge in [-0.3, -0.25) is 0 Å². The number of sulfonamides is 1. The van der Waals surface area contributed by atoms with E-state index in [2.05, 4.69) is 4.85 Å². The van der Waals surface area contributed by atoms with Crippen LogP contribution in [-0.2, 0) is 16.2 Å². The molecule has 2 aromatic carbocycles. The molecule has 1 heterocycles. The Kier molecular flexibility index (Phi) is 5.98. The number of β-amino-alcohol motifs (C(OH)–C–C–N with tert-alkyl or cyclic N) is 1. The molecule has 0 radical (unpaired) electrons. The van der Waals surface area contributed by atoms with Crippen molar-refractivity contribution >= 4 is 15.7 Å². The molecule has 0 saturated carbocycles. The molecule has 12 heteroatoms. The number of halogens is 4. The minimum atomic E-state index is -4.76. The Morgan fingerprint density at radius 1 is 1.23 bits per heavy atom. The smallest absolute Gasteiger partial charge is 0.415 e. The highest BCUT2D eigenvalue weighted by Crippen LogP contribution is 2.38. The Morgan fingerprint density at radius 2 is 1.87 bits per heavy atom. The van der Waals surface area contributed by atoms with Crippen LogP contribution in [0.1, 0.15) is 5.56 Å². The van der Waals surface area contributed by atoms with Gasteiger partial charge in [-0.2, -0.15) is 17.5 Å². The topological polar surface area (TPSA) is 91.4 Å². The largest absolute Gasteiger partial charge is 0.486 e. The van der Waals surface area contributed by atoms with Crippen LogP contribution < -0.4 is 4.74 Å². The fraction of sp³-hybridized carbons (Fsp3) is 0.316. The standard InChI is InChI=1S/C19H16F4N2O5S/c1-24-15-8-12(19(21,22)23)2-7-16(15)31(28,29)25-9-17(18(27,10-25)11-26)30-14-5-3-13(20)4-6-14/h2-8,17,26-27H,9-11H2/t17-,18+/m0/s1. The Morgan fingerprint density at radius 3 is 2.42 bits per heavy atom. The van der Waals surface area contributed by atoms with E-state index in [0.717, 1.165) is 12.1 Å². The van der Waals surface area contributed by atoms with Gasteiger partial charge in [0, 0.05) is 12.1 Å². The van der Waals surface area contributed by atoms with Crippen molar-refractivity contribution < 1.29 is 40.9 Å². The Balaban J connectivity index is 1.93. The summed E-state index contributed by atoms with van der Waals surface area (Å²) in [4.78, 5) is 2.23. The number of rotatable bonds is 5. The highest BCUT2D eigenvalue weighted by atomic mass is 32.2. The van der Waals surface area contributed by atoms with Crippen molar-refractivity contribution in [1.82, 2.24) is 4.31 Å². The van der Waals surface area contributed by atoms with E-state index in [-0.39, 0.29) is 5.75 Å². The number of benzene rings is 2. The van der Waals surface area contributed by atoms with Gasteiger partial charge in [0.15, 0.2) is 0 Å². The number of ether oxygens (including phenoxy) is 1. The molecule has 1 aliphatic heterocycles. The van der Waals surface area contributed by atoms with Gasteiger partial charge in [-0.05, 0) is 30.3 Å². The third kappa shape index (κ3) is 4.49. The first kappa shape index (κ1) is 23.0. The minimum absolute atomic E-state index is 0.105. The number of hydrogen-bond acceptors (Lipinski definition) is 5. The molecule has 2 aromatic rings. The first-order valence-electron chi connectivity index (χ1n) is 8.75. The van der Waals surface area contributed by atoms with Crippen molar-refractivity contribution in [3.05, 3.63) is 65.3 Å². The third-order valence-corrected chi connectivity index (χ3v) is 6.67. The fourth-order valence-electron chi connectivity index (χ4n) is 3.12. The fourth-order valence-corrected chi connectivity index (χ4v) is 4.74. The van der Waals surface area contributed by atoms with Crippen LogP contribution in [0.25, 0.3) is 4.85 Å². The van der Waals surface area contributed by atoms with Gasteiger partial charge in [0.05, 0.1) is 24.6 Å². The summed E-state index contributed by atoms with van der Waals surface area (Å²) in [6.45, 7) is 5.11. The van der Waals surface area contributed by atoms with Gasteiger partial charge in [-0.25, -0.2) is 17.7 Å². The first-order chi connectivity index (χ1) is 14.4. The zero-order valence-electron chi connectivity index (χ0n) is 15.7. The van der Waals surface area contributed by atoms with E-state index in [1.807, 2.05) is 0 Å². The van der Waals surface area contributed by atoms with Gasteiger partial charge in [0.2, 0.25) is 15.7 Å². The van der Waals surface area contributed by atoms with E-state index in [9.17, 15) is 36.2 Å². The lowest BCUT2D eigenvalue weighted by Crippen LogP contribution is -2.48. The maximum Gasteiger partial charge on any atom is 0.415 e. The number of aliphatic hydroxyl groups excluding tert-OH is 1. The molecule has 0 bridgehead atoms. The van der Waals surface area contributed by atoms with Crippen molar-refractivity contribution in [2.24, 2.45) is 0 Å².